The van der Waals surface area contributed by atoms with E-state index in [1.807, 2.05) is 0 Å². The van der Waals surface area contributed by atoms with Gasteiger partial charge >= 0.3 is 5.91 Å². The minimum Gasteiger partial charge on any atom is -0.184 e. The summed E-state index contributed by atoms with van der Waals surface area (Å²) in [5, 5.41) is 0. The fourth-order valence-electron chi connectivity index (χ4n) is 0.449. The average Bonchev–Trinajstić information content (AvgIpc) is 1.44. The molecule has 1 aliphatic heterocycles. The number of halogens is 6. The number of rotatable bonds is 0. The Morgan fingerprint density at radius 3 is 1.50 bits per heavy atom. The average molecular weight is 349 g/mol. The first-order valence-electron chi connectivity index (χ1n) is 2.23. The van der Waals surface area contributed by atoms with E-state index in [1.54, 1.807) is 0 Å². The Bertz CT molecular complexity index is 275. The molecule has 1 aliphatic rings. The van der Waals surface area contributed by atoms with Gasteiger partial charge in [-0.2, -0.15) is 4.52 Å². The molecule has 0 saturated heterocycles. The Labute approximate surface area is 98.1 Å². The zero-order chi connectivity index (χ0) is 9.62. The third kappa shape index (κ3) is 3.89. The van der Waals surface area contributed by atoms with E-state index in [0.29, 0.717) is 0 Å². The van der Waals surface area contributed by atoms with Gasteiger partial charge in [-0.25, -0.2) is 0 Å². The maximum absolute atomic E-state index is 5.69. The van der Waals surface area contributed by atoms with Crippen molar-refractivity contribution in [2.75, 3.05) is 0 Å². The third-order valence-corrected chi connectivity index (χ3v) is 13.3. The Morgan fingerprint density at radius 2 is 1.17 bits per heavy atom. The standard InChI is InChI=1S/Cl6HN3P3/c1-10(2)7-11(3,4)9-12(5,6)8-10/h1H/q+1. The van der Waals surface area contributed by atoms with Crippen LogP contribution in [-0.4, -0.2) is 0 Å². The zero-order valence-electron chi connectivity index (χ0n) is 4.98. The molecular weight excluding hydrogens is 348 g/mol. The minimum absolute atomic E-state index is 2.80. The molecule has 12 heavy (non-hydrogen) atoms. The molecule has 1 rings (SSSR count). The van der Waals surface area contributed by atoms with Crippen LogP contribution in [0.4, 0.5) is 0 Å². The van der Waals surface area contributed by atoms with Crippen LogP contribution in [0.3, 0.4) is 0 Å². The molecule has 0 aromatic rings. The number of hydrogen-bond donors (Lipinski definition) is 0. The van der Waals surface area contributed by atoms with Crippen molar-refractivity contribution in [2.45, 2.75) is 0 Å². The Morgan fingerprint density at radius 1 is 0.750 bits per heavy atom. The summed E-state index contributed by atoms with van der Waals surface area (Å²) in [6.07, 6.45) is 0. The molecule has 0 N–H and O–H groups in total. The van der Waals surface area contributed by atoms with Gasteiger partial charge in [0, 0.05) is 11.2 Å². The van der Waals surface area contributed by atoms with Crippen LogP contribution in [0.1, 0.15) is 0 Å². The molecule has 12 heteroatoms. The molecule has 0 amide bonds. The van der Waals surface area contributed by atoms with Gasteiger partial charge in [-0.1, -0.05) is 0 Å². The van der Waals surface area contributed by atoms with Gasteiger partial charge in [0.15, 0.2) is 11.2 Å². The molecule has 1 atom stereocenters. The van der Waals surface area contributed by atoms with E-state index in [0.717, 1.165) is 0 Å². The summed E-state index contributed by atoms with van der Waals surface area (Å²) >= 11 is 33.1. The first-order chi connectivity index (χ1) is 5.12. The molecule has 72 valence electrons. The molecule has 0 aromatic heterocycles. The van der Waals surface area contributed by atoms with Gasteiger partial charge in [0.1, 0.15) is 0 Å². The summed E-state index contributed by atoms with van der Waals surface area (Å²) in [5.41, 5.74) is 0. The van der Waals surface area contributed by atoms with Gasteiger partial charge in [0.05, 0.1) is 0 Å². The van der Waals surface area contributed by atoms with Gasteiger partial charge in [-0.3, -0.25) is 0 Å². The normalized spacial score (nSPS) is 37.5. The van der Waals surface area contributed by atoms with Crippen molar-refractivity contribution < 1.29 is 11.2 Å². The monoisotopic (exact) mass is 346 g/mol. The second kappa shape index (κ2) is 3.78. The molecular formula is HCl6N3P3+. The van der Waals surface area contributed by atoms with E-state index in [-0.39, 0.29) is 0 Å². The molecule has 0 aromatic carbocycles. The molecule has 1 unspecified atom stereocenters. The van der Waals surface area contributed by atoms with Gasteiger partial charge in [0.2, 0.25) is 0 Å². The van der Waals surface area contributed by atoms with Crippen molar-refractivity contribution in [1.29, 1.82) is 0 Å². The van der Waals surface area contributed by atoms with Crippen molar-refractivity contribution in [3.05, 3.63) is 0 Å². The number of nitrogens with zero attached hydrogens (tertiary/aromatic N) is 3. The first-order valence-corrected chi connectivity index (χ1v) is 12.8. The van der Waals surface area contributed by atoms with Crippen LogP contribution in [0, 0.1) is 11.2 Å². The van der Waals surface area contributed by atoms with Crippen molar-refractivity contribution in [2.24, 2.45) is 13.5 Å². The number of hydrogen-bond acceptors (Lipinski definition) is 3. The molecule has 0 fully saturated rings. The smallest absolute Gasteiger partial charge is 0.184 e. The van der Waals surface area contributed by atoms with E-state index in [4.69, 9.17) is 67.4 Å². The highest BCUT2D eigenvalue weighted by Gasteiger charge is 2.36. The predicted molar refractivity (Wildman–Crippen MR) is 58.7 cm³/mol. The highest BCUT2D eigenvalue weighted by atomic mass is 35.9. The Hall–Kier alpha value is 2.43. The lowest BCUT2D eigenvalue weighted by Gasteiger charge is -2.12. The van der Waals surface area contributed by atoms with Crippen LogP contribution < -0.4 is 0 Å². The second-order valence-corrected chi connectivity index (χ2v) is 16.8. The van der Waals surface area contributed by atoms with Crippen LogP contribution in [0.25, 0.3) is 0 Å². The topological polar surface area (TPSA) is 37.1 Å². The summed E-state index contributed by atoms with van der Waals surface area (Å²) in [5.74, 6) is -8.56. The maximum atomic E-state index is 5.69. The zero-order valence-corrected chi connectivity index (χ0v) is 12.3. The van der Waals surface area contributed by atoms with Gasteiger partial charge in [-0.05, 0) is 45.0 Å². The van der Waals surface area contributed by atoms with E-state index in [9.17, 15) is 0 Å². The van der Waals surface area contributed by atoms with Crippen LogP contribution in [0.15, 0.2) is 13.5 Å². The largest absolute Gasteiger partial charge is 0.439 e. The van der Waals surface area contributed by atoms with Crippen molar-refractivity contribution in [3.8, 4) is 0 Å². The molecule has 0 bridgehead atoms. The predicted octanol–water partition coefficient (Wildman–Crippen LogP) is 6.31. The van der Waals surface area contributed by atoms with E-state index < -0.39 is 17.7 Å². The second-order valence-electron chi connectivity index (χ2n) is 1.65. The molecule has 1 heterocycles. The Kier molecular flexibility index (Phi) is 3.94. The molecule has 0 aliphatic carbocycles. The van der Waals surface area contributed by atoms with Crippen LogP contribution >= 0.6 is 73.9 Å². The molecule has 0 radical (unpaired) electrons. The van der Waals surface area contributed by atoms with Crippen LogP contribution in [0.5, 0.6) is 0 Å². The highest BCUT2D eigenvalue weighted by Crippen LogP contribution is 2.85. The van der Waals surface area contributed by atoms with E-state index in [2.05, 4.69) is 13.5 Å². The quantitative estimate of drug-likeness (QED) is 0.460. The maximum Gasteiger partial charge on any atom is 0.439 e. The van der Waals surface area contributed by atoms with Crippen molar-refractivity contribution >= 4 is 73.9 Å². The summed E-state index contributed by atoms with van der Waals surface area (Å²) in [6, 6.07) is 0. The fraction of sp³-hybridized carbons (Fsp3) is 0. The summed E-state index contributed by atoms with van der Waals surface area (Å²) in [7, 11) is 0. The molecule has 0 spiro atoms. The van der Waals surface area contributed by atoms with Crippen molar-refractivity contribution in [3.63, 3.8) is 0 Å². The third-order valence-electron chi connectivity index (χ3n) is 0.651. The Balaban J connectivity index is 3.46. The van der Waals surface area contributed by atoms with Crippen LogP contribution in [-0.2, 0) is 0 Å². The fourth-order valence-corrected chi connectivity index (χ4v) is 19.6. The van der Waals surface area contributed by atoms with Gasteiger partial charge < -0.3 is 0 Å². The lowest BCUT2D eigenvalue weighted by molar-refractivity contribution is -0.158. The van der Waals surface area contributed by atoms with Gasteiger partial charge in [0.25, 0.3) is 11.8 Å². The van der Waals surface area contributed by atoms with E-state index >= 15 is 0 Å². The molecule has 0 saturated carbocycles. The summed E-state index contributed by atoms with van der Waals surface area (Å²) in [4.78, 5) is 0. The van der Waals surface area contributed by atoms with Gasteiger partial charge in [-0.15, -0.1) is 9.03 Å². The first kappa shape index (κ1) is 12.5. The highest BCUT2D eigenvalue weighted by molar-refractivity contribution is 8.22. The van der Waals surface area contributed by atoms with E-state index in [1.165, 1.54) is 0 Å². The summed E-state index contributed by atoms with van der Waals surface area (Å²) in [6.45, 7) is 0. The van der Waals surface area contributed by atoms with Crippen LogP contribution in [0.2, 0.25) is 0 Å². The van der Waals surface area contributed by atoms with Crippen molar-refractivity contribution in [1.82, 2.24) is 0 Å². The summed E-state index contributed by atoms with van der Waals surface area (Å²) < 4.78 is 11.1. The SMILES string of the molecule is ClP1(Cl)=NP(Cl)(Cl)=NP(Cl)([ClH+])=N1. The molecule has 3 nitrogen and oxygen atoms in total. The lowest BCUT2D eigenvalue weighted by atomic mass is 13.8. The minimum atomic E-state index is -2.88. The lowest BCUT2D eigenvalue weighted by Crippen LogP contribution is -1.65.